The second-order valence-corrected chi connectivity index (χ2v) is 5.19. The number of carbonyl (C=O) groups excluding carboxylic acids is 2. The quantitative estimate of drug-likeness (QED) is 0.740. The zero-order chi connectivity index (χ0) is 14.3. The molecule has 0 aromatic carbocycles. The van der Waals surface area contributed by atoms with Gasteiger partial charge in [0.2, 0.25) is 5.91 Å². The molecule has 1 atom stereocenters. The van der Waals surface area contributed by atoms with Crippen molar-refractivity contribution in [3.8, 4) is 0 Å². The van der Waals surface area contributed by atoms with Gasteiger partial charge >= 0.3 is 5.97 Å². The van der Waals surface area contributed by atoms with Crippen molar-refractivity contribution < 1.29 is 14.3 Å². The Labute approximate surface area is 115 Å². The number of amides is 1. The first-order valence-electron chi connectivity index (χ1n) is 7.17. The Morgan fingerprint density at radius 1 is 1.37 bits per heavy atom. The first kappa shape index (κ1) is 16.0. The van der Waals surface area contributed by atoms with E-state index in [-0.39, 0.29) is 24.0 Å². The van der Waals surface area contributed by atoms with Crippen LogP contribution in [0.15, 0.2) is 0 Å². The van der Waals surface area contributed by atoms with Crippen LogP contribution in [-0.2, 0) is 14.3 Å². The lowest BCUT2D eigenvalue weighted by atomic mass is 10.0. The summed E-state index contributed by atoms with van der Waals surface area (Å²) in [7, 11) is 1.45. The lowest BCUT2D eigenvalue weighted by Gasteiger charge is -2.36. The molecule has 0 aliphatic carbocycles. The summed E-state index contributed by atoms with van der Waals surface area (Å²) in [5.41, 5.74) is 0. The molecule has 1 heterocycles. The van der Waals surface area contributed by atoms with Crippen molar-refractivity contribution in [1.82, 2.24) is 10.2 Å². The van der Waals surface area contributed by atoms with Crippen LogP contribution in [0.25, 0.3) is 0 Å². The number of ether oxygens (including phenoxy) is 1. The molecular weight excluding hydrogens is 244 g/mol. The van der Waals surface area contributed by atoms with E-state index in [2.05, 4.69) is 17.1 Å². The van der Waals surface area contributed by atoms with Gasteiger partial charge in [0.1, 0.15) is 6.04 Å². The number of rotatable bonds is 6. The number of nitrogens with zero attached hydrogens (tertiary/aromatic N) is 1. The molecule has 0 radical (unpaired) electrons. The highest BCUT2D eigenvalue weighted by atomic mass is 16.5. The van der Waals surface area contributed by atoms with Gasteiger partial charge in [0.05, 0.1) is 7.11 Å². The maximum atomic E-state index is 11.8. The Morgan fingerprint density at radius 2 is 2.00 bits per heavy atom. The van der Waals surface area contributed by atoms with E-state index in [1.807, 2.05) is 0 Å². The number of carbonyl (C=O) groups is 2. The van der Waals surface area contributed by atoms with Gasteiger partial charge in [-0.25, -0.2) is 0 Å². The van der Waals surface area contributed by atoms with Gasteiger partial charge in [0.15, 0.2) is 0 Å². The maximum Gasteiger partial charge on any atom is 0.323 e. The molecule has 0 aromatic rings. The van der Waals surface area contributed by atoms with Crippen LogP contribution in [0.2, 0.25) is 0 Å². The van der Waals surface area contributed by atoms with Crippen molar-refractivity contribution >= 4 is 11.9 Å². The highest BCUT2D eigenvalue weighted by Gasteiger charge is 2.30. The number of esters is 1. The molecule has 5 heteroatoms. The molecule has 0 spiro atoms. The van der Waals surface area contributed by atoms with E-state index in [0.717, 1.165) is 45.2 Å². The predicted octanol–water partition coefficient (Wildman–Crippen LogP) is 1.32. The number of likely N-dealkylation sites (tertiary alicyclic amines) is 1. The summed E-state index contributed by atoms with van der Waals surface area (Å²) in [5.74, 6) is -0.111. The van der Waals surface area contributed by atoms with Gasteiger partial charge in [0.25, 0.3) is 0 Å². The number of methoxy groups -OCH3 is 1. The van der Waals surface area contributed by atoms with Gasteiger partial charge in [-0.15, -0.1) is 0 Å². The summed E-state index contributed by atoms with van der Waals surface area (Å²) in [4.78, 5) is 25.1. The zero-order valence-electron chi connectivity index (χ0n) is 12.3. The molecule has 1 amide bonds. The topological polar surface area (TPSA) is 58.6 Å². The van der Waals surface area contributed by atoms with E-state index >= 15 is 0 Å². The summed E-state index contributed by atoms with van der Waals surface area (Å²) in [6, 6.07) is 0.126. The van der Waals surface area contributed by atoms with E-state index in [1.54, 1.807) is 6.92 Å². The SMILES string of the molecule is CCCCC(C(=O)OC)N1CCC(NC(C)=O)CC1. The normalized spacial score (nSPS) is 18.9. The molecule has 1 aliphatic heterocycles. The molecule has 1 rings (SSSR count). The number of hydrogen-bond donors (Lipinski definition) is 1. The number of unbranched alkanes of at least 4 members (excludes halogenated alkanes) is 1. The standard InChI is InChI=1S/C14H26N2O3/c1-4-5-6-13(14(18)19-3)16-9-7-12(8-10-16)15-11(2)17/h12-13H,4-10H2,1-3H3,(H,15,17). The Balaban J connectivity index is 2.48. The number of hydrogen-bond acceptors (Lipinski definition) is 4. The fourth-order valence-electron chi connectivity index (χ4n) is 2.63. The molecule has 1 aliphatic rings. The van der Waals surface area contributed by atoms with Crippen LogP contribution in [0, 0.1) is 0 Å². The smallest absolute Gasteiger partial charge is 0.323 e. The largest absolute Gasteiger partial charge is 0.468 e. The van der Waals surface area contributed by atoms with Gasteiger partial charge in [-0.05, 0) is 19.3 Å². The average Bonchev–Trinajstić information content (AvgIpc) is 2.40. The zero-order valence-corrected chi connectivity index (χ0v) is 12.3. The second kappa shape index (κ2) is 8.15. The van der Waals surface area contributed by atoms with Crippen molar-refractivity contribution in [3.63, 3.8) is 0 Å². The summed E-state index contributed by atoms with van der Waals surface area (Å²) in [6.07, 6.45) is 4.77. The average molecular weight is 270 g/mol. The van der Waals surface area contributed by atoms with Gasteiger partial charge < -0.3 is 10.1 Å². The van der Waals surface area contributed by atoms with E-state index in [0.29, 0.717) is 0 Å². The second-order valence-electron chi connectivity index (χ2n) is 5.19. The van der Waals surface area contributed by atoms with Crippen molar-refractivity contribution in [1.29, 1.82) is 0 Å². The Bertz CT molecular complexity index is 299. The summed E-state index contributed by atoms with van der Waals surface area (Å²) >= 11 is 0. The van der Waals surface area contributed by atoms with Gasteiger partial charge in [0, 0.05) is 26.1 Å². The summed E-state index contributed by atoms with van der Waals surface area (Å²) in [5, 5.41) is 2.95. The number of nitrogens with one attached hydrogen (secondary N) is 1. The van der Waals surface area contributed by atoms with Crippen LogP contribution in [0.1, 0.15) is 46.0 Å². The highest BCUT2D eigenvalue weighted by molar-refractivity contribution is 5.75. The van der Waals surface area contributed by atoms with Crippen LogP contribution in [-0.4, -0.2) is 49.1 Å². The van der Waals surface area contributed by atoms with Crippen molar-refractivity contribution in [3.05, 3.63) is 0 Å². The van der Waals surface area contributed by atoms with Crippen LogP contribution >= 0.6 is 0 Å². The fourth-order valence-corrected chi connectivity index (χ4v) is 2.63. The van der Waals surface area contributed by atoms with Gasteiger partial charge in [-0.3, -0.25) is 14.5 Å². The molecule has 1 fully saturated rings. The first-order valence-corrected chi connectivity index (χ1v) is 7.17. The van der Waals surface area contributed by atoms with E-state index in [4.69, 9.17) is 4.74 Å². The molecule has 1 N–H and O–H groups in total. The lowest BCUT2D eigenvalue weighted by molar-refractivity contribution is -0.148. The molecule has 0 saturated carbocycles. The fraction of sp³-hybridized carbons (Fsp3) is 0.857. The minimum Gasteiger partial charge on any atom is -0.468 e. The summed E-state index contributed by atoms with van der Waals surface area (Å²) < 4.78 is 4.90. The van der Waals surface area contributed by atoms with Crippen LogP contribution < -0.4 is 5.32 Å². The monoisotopic (exact) mass is 270 g/mol. The molecule has 110 valence electrons. The van der Waals surface area contributed by atoms with E-state index in [1.165, 1.54) is 7.11 Å². The summed E-state index contributed by atoms with van der Waals surface area (Å²) in [6.45, 7) is 5.35. The third kappa shape index (κ3) is 5.19. The lowest BCUT2D eigenvalue weighted by Crippen LogP contribution is -2.50. The highest BCUT2D eigenvalue weighted by Crippen LogP contribution is 2.17. The van der Waals surface area contributed by atoms with Gasteiger partial charge in [-0.1, -0.05) is 19.8 Å². The third-order valence-electron chi connectivity index (χ3n) is 3.68. The van der Waals surface area contributed by atoms with Crippen molar-refractivity contribution in [2.45, 2.75) is 58.0 Å². The molecular formula is C14H26N2O3. The van der Waals surface area contributed by atoms with Crippen molar-refractivity contribution in [2.75, 3.05) is 20.2 Å². The Kier molecular flexibility index (Phi) is 6.84. The van der Waals surface area contributed by atoms with Crippen LogP contribution in [0.5, 0.6) is 0 Å². The Hall–Kier alpha value is -1.10. The molecule has 0 bridgehead atoms. The van der Waals surface area contributed by atoms with E-state index in [9.17, 15) is 9.59 Å². The molecule has 1 saturated heterocycles. The predicted molar refractivity (Wildman–Crippen MR) is 73.7 cm³/mol. The molecule has 5 nitrogen and oxygen atoms in total. The number of piperidine rings is 1. The molecule has 0 aromatic heterocycles. The maximum absolute atomic E-state index is 11.8. The molecule has 1 unspecified atom stereocenters. The van der Waals surface area contributed by atoms with Crippen molar-refractivity contribution in [2.24, 2.45) is 0 Å². The minimum atomic E-state index is -0.133. The van der Waals surface area contributed by atoms with E-state index < -0.39 is 0 Å². The van der Waals surface area contributed by atoms with Crippen LogP contribution in [0.3, 0.4) is 0 Å². The third-order valence-corrected chi connectivity index (χ3v) is 3.68. The Morgan fingerprint density at radius 3 is 2.47 bits per heavy atom. The van der Waals surface area contributed by atoms with Gasteiger partial charge in [-0.2, -0.15) is 0 Å². The minimum absolute atomic E-state index is 0.0222. The first-order chi connectivity index (χ1) is 9.08. The molecule has 19 heavy (non-hydrogen) atoms. The van der Waals surface area contributed by atoms with Crippen LogP contribution in [0.4, 0.5) is 0 Å².